The summed E-state index contributed by atoms with van der Waals surface area (Å²) in [6.45, 7) is 3.24. The van der Waals surface area contributed by atoms with Gasteiger partial charge in [-0.3, -0.25) is 9.59 Å². The molecule has 9 heteroatoms. The Balaban J connectivity index is 2.00. The van der Waals surface area contributed by atoms with Gasteiger partial charge >= 0.3 is 5.97 Å². The first-order chi connectivity index (χ1) is 12.4. The molecule has 1 amide bonds. The van der Waals surface area contributed by atoms with Gasteiger partial charge in [-0.15, -0.1) is 0 Å². The SMILES string of the molecule is CCCS(=O)(=O)N1CCCCC1C(=O)NCC(C(=O)O)C1CCOCC1. The summed E-state index contributed by atoms with van der Waals surface area (Å²) in [5.41, 5.74) is 0. The van der Waals surface area contributed by atoms with Crippen molar-refractivity contribution in [1.82, 2.24) is 9.62 Å². The van der Waals surface area contributed by atoms with Crippen LogP contribution in [0.5, 0.6) is 0 Å². The van der Waals surface area contributed by atoms with Crippen molar-refractivity contribution in [2.75, 3.05) is 32.1 Å². The Morgan fingerprint density at radius 3 is 2.54 bits per heavy atom. The zero-order valence-electron chi connectivity index (χ0n) is 15.4. The van der Waals surface area contributed by atoms with Gasteiger partial charge < -0.3 is 15.2 Å². The van der Waals surface area contributed by atoms with E-state index in [2.05, 4.69) is 5.32 Å². The molecule has 0 radical (unpaired) electrons. The number of ether oxygens (including phenoxy) is 1. The normalized spacial score (nSPS) is 24.1. The summed E-state index contributed by atoms with van der Waals surface area (Å²) < 4.78 is 31.4. The number of carboxylic acid groups (broad SMARTS) is 1. The molecule has 0 aromatic carbocycles. The number of carbonyl (C=O) groups is 2. The second kappa shape index (κ2) is 9.66. The highest BCUT2D eigenvalue weighted by Gasteiger charge is 2.37. The summed E-state index contributed by atoms with van der Waals surface area (Å²) in [6.07, 6.45) is 3.83. The fourth-order valence-corrected chi connectivity index (χ4v) is 5.52. The molecule has 0 aromatic heterocycles. The smallest absolute Gasteiger partial charge is 0.308 e. The Bertz CT molecular complexity index is 588. The molecule has 0 saturated carbocycles. The van der Waals surface area contributed by atoms with Crippen LogP contribution in [-0.2, 0) is 24.3 Å². The molecule has 150 valence electrons. The lowest BCUT2D eigenvalue weighted by Gasteiger charge is -2.34. The third-order valence-electron chi connectivity index (χ3n) is 5.22. The van der Waals surface area contributed by atoms with Crippen LogP contribution in [0.15, 0.2) is 0 Å². The van der Waals surface area contributed by atoms with Crippen molar-refractivity contribution in [3.8, 4) is 0 Å². The van der Waals surface area contributed by atoms with Gasteiger partial charge in [0.15, 0.2) is 0 Å². The van der Waals surface area contributed by atoms with Crippen molar-refractivity contribution in [3.63, 3.8) is 0 Å². The number of hydrogen-bond acceptors (Lipinski definition) is 5. The number of aliphatic carboxylic acids is 1. The maximum Gasteiger partial charge on any atom is 0.308 e. The van der Waals surface area contributed by atoms with E-state index in [1.165, 1.54) is 4.31 Å². The predicted molar refractivity (Wildman–Crippen MR) is 96.1 cm³/mol. The lowest BCUT2D eigenvalue weighted by molar-refractivity contribution is -0.145. The van der Waals surface area contributed by atoms with Crippen molar-refractivity contribution in [2.45, 2.75) is 51.5 Å². The minimum atomic E-state index is -3.46. The standard InChI is InChI=1S/C17H30N2O6S/c1-2-11-26(23,24)19-8-4-3-5-15(19)16(20)18-12-14(17(21)22)13-6-9-25-10-7-13/h13-15H,2-12H2,1H3,(H,18,20)(H,21,22). The number of piperidine rings is 1. The first kappa shape index (κ1) is 21.1. The molecule has 26 heavy (non-hydrogen) atoms. The van der Waals surface area contributed by atoms with Gasteiger partial charge in [-0.1, -0.05) is 13.3 Å². The van der Waals surface area contributed by atoms with Crippen LogP contribution in [0.3, 0.4) is 0 Å². The maximum absolute atomic E-state index is 12.6. The van der Waals surface area contributed by atoms with E-state index in [9.17, 15) is 23.1 Å². The van der Waals surface area contributed by atoms with E-state index < -0.39 is 28.0 Å². The lowest BCUT2D eigenvalue weighted by Crippen LogP contribution is -2.53. The van der Waals surface area contributed by atoms with E-state index in [0.717, 1.165) is 12.8 Å². The first-order valence-electron chi connectivity index (χ1n) is 9.44. The number of rotatable bonds is 8. The zero-order chi connectivity index (χ0) is 19.2. The zero-order valence-corrected chi connectivity index (χ0v) is 16.2. The summed E-state index contributed by atoms with van der Waals surface area (Å²) in [4.78, 5) is 24.2. The summed E-state index contributed by atoms with van der Waals surface area (Å²) in [7, 11) is -3.46. The Hall–Kier alpha value is -1.19. The molecule has 0 aromatic rings. The highest BCUT2D eigenvalue weighted by molar-refractivity contribution is 7.89. The second-order valence-electron chi connectivity index (χ2n) is 7.08. The molecular formula is C17H30N2O6S. The van der Waals surface area contributed by atoms with Crippen LogP contribution in [0, 0.1) is 11.8 Å². The van der Waals surface area contributed by atoms with Gasteiger partial charge in [0.25, 0.3) is 0 Å². The van der Waals surface area contributed by atoms with Gasteiger partial charge in [-0.2, -0.15) is 4.31 Å². The molecule has 2 N–H and O–H groups in total. The average molecular weight is 391 g/mol. The Kier molecular flexibility index (Phi) is 7.85. The molecule has 0 aliphatic carbocycles. The highest BCUT2D eigenvalue weighted by atomic mass is 32.2. The van der Waals surface area contributed by atoms with Crippen molar-refractivity contribution in [3.05, 3.63) is 0 Å². The molecule has 0 bridgehead atoms. The minimum absolute atomic E-state index is 0.0244. The molecule has 2 unspecified atom stereocenters. The van der Waals surface area contributed by atoms with Gasteiger partial charge in [0.2, 0.25) is 15.9 Å². The number of hydrogen-bond donors (Lipinski definition) is 2. The molecule has 2 fully saturated rings. The van der Waals surface area contributed by atoms with Crippen molar-refractivity contribution in [1.29, 1.82) is 0 Å². The van der Waals surface area contributed by atoms with Crippen LogP contribution in [0.25, 0.3) is 0 Å². The van der Waals surface area contributed by atoms with Gasteiger partial charge in [0, 0.05) is 26.3 Å². The third-order valence-corrected chi connectivity index (χ3v) is 7.30. The van der Waals surface area contributed by atoms with Crippen LogP contribution in [0.4, 0.5) is 0 Å². The third kappa shape index (κ3) is 5.40. The summed E-state index contributed by atoms with van der Waals surface area (Å²) in [6, 6.07) is -0.732. The van der Waals surface area contributed by atoms with E-state index in [4.69, 9.17) is 4.74 Å². The quantitative estimate of drug-likeness (QED) is 0.635. The summed E-state index contributed by atoms with van der Waals surface area (Å²) >= 11 is 0. The fourth-order valence-electron chi connectivity index (χ4n) is 3.78. The van der Waals surface area contributed by atoms with Crippen LogP contribution in [0.2, 0.25) is 0 Å². The van der Waals surface area contributed by atoms with Crippen LogP contribution in [0.1, 0.15) is 45.4 Å². The minimum Gasteiger partial charge on any atom is -0.481 e. The van der Waals surface area contributed by atoms with Gasteiger partial charge in [0.05, 0.1) is 11.7 Å². The molecule has 2 saturated heterocycles. The highest BCUT2D eigenvalue weighted by Crippen LogP contribution is 2.25. The van der Waals surface area contributed by atoms with Crippen molar-refractivity contribution in [2.24, 2.45) is 11.8 Å². The van der Waals surface area contributed by atoms with Crippen LogP contribution < -0.4 is 5.32 Å². The number of nitrogens with zero attached hydrogens (tertiary/aromatic N) is 1. The molecule has 2 aliphatic rings. The number of carbonyl (C=O) groups excluding carboxylic acids is 1. The van der Waals surface area contributed by atoms with E-state index in [-0.39, 0.29) is 24.1 Å². The fraction of sp³-hybridized carbons (Fsp3) is 0.882. The monoisotopic (exact) mass is 390 g/mol. The second-order valence-corrected chi connectivity index (χ2v) is 9.12. The van der Waals surface area contributed by atoms with E-state index in [0.29, 0.717) is 45.4 Å². The van der Waals surface area contributed by atoms with Gasteiger partial charge in [0.1, 0.15) is 6.04 Å². The maximum atomic E-state index is 12.6. The van der Waals surface area contributed by atoms with E-state index in [1.54, 1.807) is 6.92 Å². The number of sulfonamides is 1. The van der Waals surface area contributed by atoms with Crippen LogP contribution in [-0.4, -0.2) is 67.8 Å². The Morgan fingerprint density at radius 2 is 1.92 bits per heavy atom. The molecular weight excluding hydrogens is 360 g/mol. The summed E-state index contributed by atoms with van der Waals surface area (Å²) in [5, 5.41) is 12.2. The molecule has 2 atom stereocenters. The summed E-state index contributed by atoms with van der Waals surface area (Å²) in [5.74, 6) is -2.00. The van der Waals surface area contributed by atoms with Crippen molar-refractivity contribution < 1.29 is 27.9 Å². The van der Waals surface area contributed by atoms with E-state index in [1.807, 2.05) is 0 Å². The van der Waals surface area contributed by atoms with Crippen molar-refractivity contribution >= 4 is 21.9 Å². The largest absolute Gasteiger partial charge is 0.481 e. The molecule has 8 nitrogen and oxygen atoms in total. The molecule has 0 spiro atoms. The molecule has 2 aliphatic heterocycles. The Labute approximate surface area is 155 Å². The predicted octanol–water partition coefficient (Wildman–Crippen LogP) is 0.824. The number of nitrogens with one attached hydrogen (secondary N) is 1. The van der Waals surface area contributed by atoms with Gasteiger partial charge in [-0.25, -0.2) is 8.42 Å². The number of carboxylic acids is 1. The average Bonchev–Trinajstić information content (AvgIpc) is 2.62. The Morgan fingerprint density at radius 1 is 1.23 bits per heavy atom. The topological polar surface area (TPSA) is 113 Å². The molecule has 2 heterocycles. The number of amides is 1. The van der Waals surface area contributed by atoms with Crippen LogP contribution >= 0.6 is 0 Å². The first-order valence-corrected chi connectivity index (χ1v) is 11.1. The molecule has 2 rings (SSSR count). The van der Waals surface area contributed by atoms with E-state index >= 15 is 0 Å². The van der Waals surface area contributed by atoms with Gasteiger partial charge in [-0.05, 0) is 38.0 Å². The lowest BCUT2D eigenvalue weighted by atomic mass is 9.86.